The van der Waals surface area contributed by atoms with E-state index in [1.165, 1.54) is 14.0 Å². The standard InChI is InChI=1S/C41H76N2O15/c1-15-29-41(10,49)34(45)24(4)31(42-53-21-52-17-16-50-13)22(2)19-39(8,48)36(58-38-32(44)28(43(11)12)18-23(3)54-38)25(5)33(26(6)37(47)56-29)57-30-20-40(9,51-14)35(46)27(7)55-30/h22-30,32-36,38,44-46,48-49H,15-21H2,1-14H3/b42-31-/t22-,23?,24+,25+,26-,27?,28+,29-,30?,32?,33+,34-,35?,36-,38+,39-,40?,41-/m1/s1. The van der Waals surface area contributed by atoms with Gasteiger partial charge in [-0.1, -0.05) is 32.9 Å². The molecule has 17 heteroatoms. The van der Waals surface area contributed by atoms with Crippen molar-refractivity contribution in [3.05, 3.63) is 0 Å². The number of oxime groups is 1. The van der Waals surface area contributed by atoms with Gasteiger partial charge < -0.3 is 73.2 Å². The Labute approximate surface area is 345 Å². The maximum Gasteiger partial charge on any atom is 0.311 e. The molecule has 340 valence electrons. The van der Waals surface area contributed by atoms with Gasteiger partial charge in [-0.25, -0.2) is 0 Å². The minimum atomic E-state index is -1.97. The monoisotopic (exact) mass is 837 g/mol. The van der Waals surface area contributed by atoms with Crippen LogP contribution in [0.4, 0.5) is 0 Å². The van der Waals surface area contributed by atoms with Crippen molar-refractivity contribution in [2.45, 2.75) is 179 Å². The van der Waals surface area contributed by atoms with E-state index in [0.717, 1.165) is 0 Å². The lowest BCUT2D eigenvalue weighted by molar-refractivity contribution is -0.317. The number of nitrogens with zero attached hydrogens (tertiary/aromatic N) is 2. The van der Waals surface area contributed by atoms with Crippen LogP contribution in [-0.2, 0) is 47.5 Å². The second kappa shape index (κ2) is 21.5. The van der Waals surface area contributed by atoms with Crippen LogP contribution in [0.3, 0.4) is 0 Å². The molecule has 3 heterocycles. The molecule has 0 bridgehead atoms. The summed E-state index contributed by atoms with van der Waals surface area (Å²) in [6.45, 7) is 17.3. The lowest BCUT2D eigenvalue weighted by Gasteiger charge is -2.49. The van der Waals surface area contributed by atoms with E-state index in [-0.39, 0.29) is 44.8 Å². The minimum Gasteiger partial charge on any atom is -0.459 e. The third-order valence-corrected chi connectivity index (χ3v) is 12.6. The molecular weight excluding hydrogens is 760 g/mol. The van der Waals surface area contributed by atoms with Crippen molar-refractivity contribution in [2.75, 3.05) is 48.3 Å². The van der Waals surface area contributed by atoms with E-state index in [1.807, 2.05) is 32.8 Å². The second-order valence-corrected chi connectivity index (χ2v) is 17.7. The largest absolute Gasteiger partial charge is 0.459 e. The molecule has 0 aromatic carbocycles. The van der Waals surface area contributed by atoms with Crippen LogP contribution in [-0.4, -0.2) is 175 Å². The summed E-state index contributed by atoms with van der Waals surface area (Å²) in [7, 11) is 6.76. The number of hydrogen-bond donors (Lipinski definition) is 5. The Kier molecular flexibility index (Phi) is 18.8. The number of likely N-dealkylation sites (N-methyl/N-ethyl adjacent to an activating group) is 1. The molecule has 58 heavy (non-hydrogen) atoms. The van der Waals surface area contributed by atoms with Gasteiger partial charge in [-0.05, 0) is 74.9 Å². The van der Waals surface area contributed by atoms with E-state index in [9.17, 15) is 30.3 Å². The summed E-state index contributed by atoms with van der Waals surface area (Å²) >= 11 is 0. The fraction of sp³-hybridized carbons (Fsp3) is 0.951. The Morgan fingerprint density at radius 2 is 1.55 bits per heavy atom. The molecular formula is C41H76N2O15. The lowest BCUT2D eigenvalue weighted by atomic mass is 9.73. The summed E-state index contributed by atoms with van der Waals surface area (Å²) in [6, 6.07) is -0.328. The first-order valence-electron chi connectivity index (χ1n) is 20.8. The SMILES string of the molecule is CC[C@H]1OC(=O)[C@H](C)[C@@H](OC2CC(C)(OC)C(O)C(C)O2)[C@H](C)[C@@H](O[C@@H]2OC(C)C[C@H](N(C)C)C2O)[C@](C)(O)C[C@@H](C)/C(=N/OCOCCOC)[C@H](C)[C@@H](O)[C@]1(C)O. The highest BCUT2D eigenvalue weighted by Crippen LogP contribution is 2.41. The zero-order valence-electron chi connectivity index (χ0n) is 37.3. The van der Waals surface area contributed by atoms with Crippen LogP contribution in [0.1, 0.15) is 94.9 Å². The van der Waals surface area contributed by atoms with E-state index < -0.39 is 102 Å². The lowest BCUT2D eigenvalue weighted by Crippen LogP contribution is -2.61. The maximum absolute atomic E-state index is 14.3. The van der Waals surface area contributed by atoms with Crippen LogP contribution in [0, 0.1) is 23.7 Å². The summed E-state index contributed by atoms with van der Waals surface area (Å²) in [5.41, 5.74) is -4.49. The predicted molar refractivity (Wildman–Crippen MR) is 212 cm³/mol. The number of carbonyl (C=O) groups is 1. The topological polar surface area (TPSA) is 217 Å². The molecule has 0 saturated carbocycles. The van der Waals surface area contributed by atoms with E-state index in [4.69, 9.17) is 42.7 Å². The highest BCUT2D eigenvalue weighted by atomic mass is 16.7. The van der Waals surface area contributed by atoms with Gasteiger partial charge in [0.2, 0.25) is 6.79 Å². The van der Waals surface area contributed by atoms with E-state index >= 15 is 0 Å². The van der Waals surface area contributed by atoms with Gasteiger partial charge in [0.25, 0.3) is 0 Å². The molecule has 0 aromatic rings. The molecule has 0 amide bonds. The third kappa shape index (κ3) is 12.1. The summed E-state index contributed by atoms with van der Waals surface area (Å²) < 4.78 is 48.1. The molecule has 3 saturated heterocycles. The van der Waals surface area contributed by atoms with Gasteiger partial charge in [-0.3, -0.25) is 4.79 Å². The van der Waals surface area contributed by atoms with Crippen molar-refractivity contribution < 1.29 is 73.1 Å². The normalized spacial score (nSPS) is 45.8. The molecule has 3 aliphatic rings. The first-order valence-corrected chi connectivity index (χ1v) is 20.8. The highest BCUT2D eigenvalue weighted by Gasteiger charge is 2.53. The third-order valence-electron chi connectivity index (χ3n) is 12.6. The number of esters is 1. The second-order valence-electron chi connectivity index (χ2n) is 17.7. The number of aliphatic hydroxyl groups excluding tert-OH is 3. The van der Waals surface area contributed by atoms with Crippen molar-refractivity contribution in [1.29, 1.82) is 0 Å². The molecule has 0 aliphatic carbocycles. The predicted octanol–water partition coefficient (Wildman–Crippen LogP) is 2.21. The molecule has 0 radical (unpaired) electrons. The van der Waals surface area contributed by atoms with E-state index in [2.05, 4.69) is 5.16 Å². The van der Waals surface area contributed by atoms with Crippen LogP contribution >= 0.6 is 0 Å². The smallest absolute Gasteiger partial charge is 0.311 e. The van der Waals surface area contributed by atoms with Gasteiger partial charge in [0, 0.05) is 44.4 Å². The number of aliphatic hydroxyl groups is 5. The summed E-state index contributed by atoms with van der Waals surface area (Å²) in [4.78, 5) is 21.8. The fourth-order valence-electron chi connectivity index (χ4n) is 8.93. The summed E-state index contributed by atoms with van der Waals surface area (Å²) in [5.74, 6) is -4.14. The van der Waals surface area contributed by atoms with Crippen LogP contribution < -0.4 is 0 Å². The van der Waals surface area contributed by atoms with Crippen molar-refractivity contribution >= 4 is 11.7 Å². The van der Waals surface area contributed by atoms with Gasteiger partial charge in [-0.2, -0.15) is 0 Å². The first kappa shape index (κ1) is 50.8. The van der Waals surface area contributed by atoms with E-state index in [1.54, 1.807) is 55.6 Å². The van der Waals surface area contributed by atoms with Gasteiger partial charge in [-0.15, -0.1) is 0 Å². The average Bonchev–Trinajstić information content (AvgIpc) is 3.15. The summed E-state index contributed by atoms with van der Waals surface area (Å²) in [5, 5.41) is 63.6. The van der Waals surface area contributed by atoms with Crippen molar-refractivity contribution in [1.82, 2.24) is 4.90 Å². The molecule has 6 unspecified atom stereocenters. The van der Waals surface area contributed by atoms with Crippen molar-refractivity contribution in [3.63, 3.8) is 0 Å². The molecule has 3 fully saturated rings. The van der Waals surface area contributed by atoms with Crippen LogP contribution in [0.25, 0.3) is 0 Å². The fourth-order valence-corrected chi connectivity index (χ4v) is 8.93. The first-order chi connectivity index (χ1) is 27.0. The zero-order chi connectivity index (χ0) is 43.9. The Balaban J connectivity index is 2.22. The highest BCUT2D eigenvalue weighted by molar-refractivity contribution is 5.88. The van der Waals surface area contributed by atoms with Gasteiger partial charge in [0.05, 0.1) is 66.6 Å². The zero-order valence-corrected chi connectivity index (χ0v) is 37.3. The molecule has 3 rings (SSSR count). The van der Waals surface area contributed by atoms with Gasteiger partial charge in [0.15, 0.2) is 12.6 Å². The number of cyclic esters (lactones) is 1. The molecule has 0 aromatic heterocycles. The minimum absolute atomic E-state index is 0.0307. The van der Waals surface area contributed by atoms with Crippen LogP contribution in [0.5, 0.6) is 0 Å². The number of hydrogen-bond acceptors (Lipinski definition) is 17. The maximum atomic E-state index is 14.3. The Morgan fingerprint density at radius 1 is 0.897 bits per heavy atom. The van der Waals surface area contributed by atoms with E-state index in [0.29, 0.717) is 18.7 Å². The Bertz CT molecular complexity index is 1300. The van der Waals surface area contributed by atoms with Gasteiger partial charge in [0.1, 0.15) is 23.9 Å². The average molecular weight is 837 g/mol. The molecule has 0 spiro atoms. The number of carbonyl (C=O) groups excluding carboxylic acids is 1. The number of methoxy groups -OCH3 is 2. The van der Waals surface area contributed by atoms with Crippen LogP contribution in [0.15, 0.2) is 5.16 Å². The summed E-state index contributed by atoms with van der Waals surface area (Å²) in [6.07, 6.45) is -9.49. The molecule has 3 aliphatic heterocycles. The van der Waals surface area contributed by atoms with Crippen molar-refractivity contribution in [3.8, 4) is 0 Å². The molecule has 17 nitrogen and oxygen atoms in total. The Hall–Kier alpha value is -1.58. The van der Waals surface area contributed by atoms with Gasteiger partial charge >= 0.3 is 5.97 Å². The molecule has 18 atom stereocenters. The van der Waals surface area contributed by atoms with Crippen LogP contribution in [0.2, 0.25) is 0 Å². The quantitative estimate of drug-likeness (QED) is 0.0778. The van der Waals surface area contributed by atoms with Crippen molar-refractivity contribution in [2.24, 2.45) is 28.8 Å². The number of ether oxygens (including phenoxy) is 8. The molecule has 5 N–H and O–H groups in total. The number of rotatable bonds is 13. The Morgan fingerprint density at radius 3 is 2.14 bits per heavy atom.